The number of hydrogen-bond acceptors (Lipinski definition) is 3. The van der Waals surface area contributed by atoms with E-state index in [0.29, 0.717) is 37.8 Å². The predicted octanol–water partition coefficient (Wildman–Crippen LogP) is 6.35. The number of fused-ring (bicyclic) bond motifs is 4. The van der Waals surface area contributed by atoms with Crippen molar-refractivity contribution in [2.45, 2.75) is 75.5 Å². The second kappa shape index (κ2) is 11.2. The van der Waals surface area contributed by atoms with E-state index in [1.165, 1.54) is 6.92 Å². The zero-order chi connectivity index (χ0) is 31.2. The summed E-state index contributed by atoms with van der Waals surface area (Å²) in [6, 6.07) is 6.73. The number of carbonyl (C=O) groups is 2. The Morgan fingerprint density at radius 3 is 2.51 bits per heavy atom. The van der Waals surface area contributed by atoms with Crippen molar-refractivity contribution in [1.29, 1.82) is 0 Å². The van der Waals surface area contributed by atoms with Gasteiger partial charge in [0.1, 0.15) is 5.60 Å². The molecule has 1 aromatic rings. The third-order valence-corrected chi connectivity index (χ3v) is 10.1. The highest BCUT2D eigenvalue weighted by molar-refractivity contribution is 5.93. The van der Waals surface area contributed by atoms with Crippen LogP contribution < -0.4 is 10.6 Å². The number of alkyl halides is 5. The number of urea groups is 1. The molecule has 0 aromatic heterocycles. The zero-order valence-corrected chi connectivity index (χ0v) is 23.9. The van der Waals surface area contributed by atoms with Gasteiger partial charge in [-0.2, -0.15) is 22.0 Å². The van der Waals surface area contributed by atoms with Crippen LogP contribution in [-0.4, -0.2) is 47.7 Å². The summed E-state index contributed by atoms with van der Waals surface area (Å²) in [4.78, 5) is 23.9. The maximum atomic E-state index is 15.1. The van der Waals surface area contributed by atoms with Gasteiger partial charge in [-0.1, -0.05) is 42.5 Å². The summed E-state index contributed by atoms with van der Waals surface area (Å²) in [5, 5.41) is 16.6. The van der Waals surface area contributed by atoms with Crippen LogP contribution in [0.25, 0.3) is 0 Å². The number of rotatable bonds is 5. The maximum absolute atomic E-state index is 15.1. The lowest BCUT2D eigenvalue weighted by Crippen LogP contribution is -2.65. The molecule has 1 aromatic carbocycles. The van der Waals surface area contributed by atoms with Gasteiger partial charge in [0.15, 0.2) is 5.78 Å². The lowest BCUT2D eigenvalue weighted by molar-refractivity contribution is -0.362. The Morgan fingerprint density at radius 2 is 1.84 bits per heavy atom. The molecule has 0 radical (unpaired) electrons. The molecule has 43 heavy (non-hydrogen) atoms. The molecule has 4 aliphatic rings. The first-order valence-corrected chi connectivity index (χ1v) is 14.6. The molecule has 2 amide bonds. The fourth-order valence-corrected chi connectivity index (χ4v) is 8.01. The molecule has 3 N–H and O–H groups in total. The molecule has 0 aliphatic heterocycles. The third-order valence-electron chi connectivity index (χ3n) is 10.1. The first-order chi connectivity index (χ1) is 20.2. The minimum Gasteiger partial charge on any atom is -0.383 e. The quantitative estimate of drug-likeness (QED) is 0.209. The largest absolute Gasteiger partial charge is 0.456 e. The number of amides is 2. The van der Waals surface area contributed by atoms with E-state index >= 15 is 8.78 Å². The lowest BCUT2D eigenvalue weighted by Gasteiger charge is -2.56. The molecule has 230 valence electrons. The normalized spacial score (nSPS) is 30.3. The smallest absolute Gasteiger partial charge is 0.383 e. The average molecular weight is 603 g/mol. The van der Waals surface area contributed by atoms with Crippen molar-refractivity contribution in [3.8, 4) is 11.8 Å². The molecule has 5 nitrogen and oxygen atoms in total. The van der Waals surface area contributed by atoms with Gasteiger partial charge in [-0.3, -0.25) is 4.79 Å². The van der Waals surface area contributed by atoms with E-state index < -0.39 is 41.4 Å². The van der Waals surface area contributed by atoms with Crippen LogP contribution in [0.5, 0.6) is 0 Å². The van der Waals surface area contributed by atoms with Gasteiger partial charge in [0.2, 0.25) is 0 Å². The Morgan fingerprint density at radius 1 is 1.12 bits per heavy atom. The number of ketones is 1. The van der Waals surface area contributed by atoms with Crippen molar-refractivity contribution < 1.29 is 36.6 Å². The molecule has 2 saturated carbocycles. The fraction of sp³-hybridized carbons (Fsp3) is 0.515. The Labute approximate surface area is 247 Å². The monoisotopic (exact) mass is 602 g/mol. The SMILES string of the molecule is C=CCNC(=O)NCC#Cc1ccc([C@H]2C[C@@]3(C)C(CC[C@@]3(O)C(F)(F)C(F)(F)F)C3CCC4=CC(=O)CCC4=C32)cc1. The summed E-state index contributed by atoms with van der Waals surface area (Å²) in [6.45, 7) is 5.35. The Balaban J connectivity index is 1.51. The molecule has 0 saturated heterocycles. The summed E-state index contributed by atoms with van der Waals surface area (Å²) in [5.41, 5.74) is -0.606. The van der Waals surface area contributed by atoms with Crippen molar-refractivity contribution in [3.05, 3.63) is 70.8 Å². The van der Waals surface area contributed by atoms with Crippen LogP contribution in [0.2, 0.25) is 0 Å². The van der Waals surface area contributed by atoms with Gasteiger partial charge < -0.3 is 15.7 Å². The second-order valence-corrected chi connectivity index (χ2v) is 12.2. The van der Waals surface area contributed by atoms with E-state index in [4.69, 9.17) is 0 Å². The van der Waals surface area contributed by atoms with Crippen LogP contribution in [0, 0.1) is 29.1 Å². The first-order valence-electron chi connectivity index (χ1n) is 14.6. The molecule has 0 bridgehead atoms. The molecule has 4 aliphatic carbocycles. The first kappa shape index (κ1) is 31.0. The fourth-order valence-electron chi connectivity index (χ4n) is 8.01. The number of aliphatic hydroxyl groups is 1. The number of benzene rings is 1. The van der Waals surface area contributed by atoms with Gasteiger partial charge in [0, 0.05) is 29.9 Å². The highest BCUT2D eigenvalue weighted by atomic mass is 19.4. The van der Waals surface area contributed by atoms with Crippen molar-refractivity contribution in [1.82, 2.24) is 10.6 Å². The molecular weight excluding hydrogens is 567 g/mol. The Hall–Kier alpha value is -3.45. The summed E-state index contributed by atoms with van der Waals surface area (Å²) < 4.78 is 71.5. The Bertz CT molecular complexity index is 1430. The van der Waals surface area contributed by atoms with Crippen LogP contribution >= 0.6 is 0 Å². The highest BCUT2D eigenvalue weighted by Crippen LogP contribution is 2.70. The molecule has 10 heteroatoms. The minimum absolute atomic E-state index is 0.0330. The standard InChI is InChI=1S/C33H35F5N2O3/c1-3-16-39-29(42)40-17-4-5-20-6-8-21(9-7-20)26-19-30(2)27(14-15-31(30,43)32(34,35)33(36,37)38)25-12-10-22-18-23(41)11-13-24(22)28(25)26/h3,6-9,18,25-27,43H,1,10-17,19H2,2H3,(H2,39,40,42)/t25?,26-,27?,30+,31+/m1/s1. The minimum atomic E-state index is -5.89. The van der Waals surface area contributed by atoms with Gasteiger partial charge >= 0.3 is 18.1 Å². The second-order valence-electron chi connectivity index (χ2n) is 12.2. The van der Waals surface area contributed by atoms with E-state index in [1.807, 2.05) is 0 Å². The van der Waals surface area contributed by atoms with Gasteiger partial charge in [-0.25, -0.2) is 4.79 Å². The summed E-state index contributed by atoms with van der Waals surface area (Å²) in [7, 11) is 0. The molecule has 0 spiro atoms. The predicted molar refractivity (Wildman–Crippen MR) is 151 cm³/mol. The van der Waals surface area contributed by atoms with E-state index in [0.717, 1.165) is 22.3 Å². The third kappa shape index (κ3) is 5.20. The molecule has 2 fully saturated rings. The van der Waals surface area contributed by atoms with Crippen molar-refractivity contribution in [3.63, 3.8) is 0 Å². The van der Waals surface area contributed by atoms with Gasteiger partial charge in [-0.05, 0) is 85.3 Å². The van der Waals surface area contributed by atoms with E-state index in [-0.39, 0.29) is 37.1 Å². The van der Waals surface area contributed by atoms with Crippen LogP contribution in [0.4, 0.5) is 26.7 Å². The number of allylic oxidation sites excluding steroid dienone is 4. The molecule has 0 heterocycles. The number of carbonyl (C=O) groups excluding carboxylic acids is 2. The molecule has 5 atom stereocenters. The summed E-state index contributed by atoms with van der Waals surface area (Å²) >= 11 is 0. The van der Waals surface area contributed by atoms with E-state index in [1.54, 1.807) is 36.4 Å². The van der Waals surface area contributed by atoms with Crippen molar-refractivity contribution in [2.24, 2.45) is 17.3 Å². The number of hydrogen-bond donors (Lipinski definition) is 3. The summed E-state index contributed by atoms with van der Waals surface area (Å²) in [5.74, 6) is -0.774. The van der Waals surface area contributed by atoms with Crippen molar-refractivity contribution in [2.75, 3.05) is 13.1 Å². The zero-order valence-electron chi connectivity index (χ0n) is 23.9. The summed E-state index contributed by atoms with van der Waals surface area (Å²) in [6.07, 6.45) is -1.42. The van der Waals surface area contributed by atoms with E-state index in [9.17, 15) is 27.9 Å². The number of nitrogens with one attached hydrogen (secondary N) is 2. The number of halogens is 5. The van der Waals surface area contributed by atoms with E-state index in [2.05, 4.69) is 29.1 Å². The van der Waals surface area contributed by atoms with Gasteiger partial charge in [0.25, 0.3) is 0 Å². The van der Waals surface area contributed by atoms with Crippen LogP contribution in [0.3, 0.4) is 0 Å². The van der Waals surface area contributed by atoms with Crippen molar-refractivity contribution >= 4 is 11.8 Å². The Kier molecular flexibility index (Phi) is 8.10. The molecular formula is C33H35F5N2O3. The topological polar surface area (TPSA) is 78.4 Å². The molecule has 5 rings (SSSR count). The lowest BCUT2D eigenvalue weighted by atomic mass is 9.50. The van der Waals surface area contributed by atoms with Crippen LogP contribution in [0.15, 0.2) is 59.7 Å². The van der Waals surface area contributed by atoms with Crippen LogP contribution in [-0.2, 0) is 4.79 Å². The van der Waals surface area contributed by atoms with Crippen LogP contribution in [0.1, 0.15) is 68.9 Å². The maximum Gasteiger partial charge on any atom is 0.456 e. The average Bonchev–Trinajstić information content (AvgIpc) is 3.24. The van der Waals surface area contributed by atoms with Gasteiger partial charge in [-0.15, -0.1) is 6.58 Å². The highest BCUT2D eigenvalue weighted by Gasteiger charge is 2.79. The van der Waals surface area contributed by atoms with Gasteiger partial charge in [0.05, 0.1) is 6.54 Å². The molecule has 2 unspecified atom stereocenters.